The molecule has 3 atom stereocenters. The van der Waals surface area contributed by atoms with E-state index in [1.165, 1.54) is 4.90 Å². The van der Waals surface area contributed by atoms with Gasteiger partial charge in [-0.25, -0.2) is 4.90 Å². The Hall–Kier alpha value is -5.04. The minimum atomic E-state index is -0.624. The van der Waals surface area contributed by atoms with E-state index in [2.05, 4.69) is 24.3 Å². The van der Waals surface area contributed by atoms with E-state index in [9.17, 15) is 19.2 Å². The number of aryl methyl sites for hydroxylation is 1. The first-order chi connectivity index (χ1) is 20.9. The lowest BCUT2D eigenvalue weighted by molar-refractivity contribution is -0.139. The minimum Gasteiger partial charge on any atom is -0.426 e. The number of hydrogen-bond donors (Lipinski definition) is 0. The first kappa shape index (κ1) is 25.7. The highest BCUT2D eigenvalue weighted by molar-refractivity contribution is 6.23. The van der Waals surface area contributed by atoms with Gasteiger partial charge < -0.3 is 9.64 Å². The fourth-order valence-corrected chi connectivity index (χ4v) is 7.78. The Labute approximate surface area is 248 Å². The Morgan fingerprint density at radius 3 is 1.86 bits per heavy atom. The van der Waals surface area contributed by atoms with E-state index in [-0.39, 0.29) is 48.3 Å². The summed E-state index contributed by atoms with van der Waals surface area (Å²) in [5, 5.41) is 0. The van der Waals surface area contributed by atoms with Crippen LogP contribution in [0.5, 0.6) is 5.75 Å². The summed E-state index contributed by atoms with van der Waals surface area (Å²) in [6.45, 7) is 2.16. The number of rotatable bonds is 4. The molecule has 0 spiro atoms. The molecule has 2 bridgehead atoms. The maximum atomic E-state index is 14.1. The van der Waals surface area contributed by atoms with Gasteiger partial charge in [-0.2, -0.15) is 0 Å². The van der Waals surface area contributed by atoms with Crippen LogP contribution in [0.15, 0.2) is 97.1 Å². The maximum Gasteiger partial charge on any atom is 0.316 e. The second-order valence-corrected chi connectivity index (χ2v) is 11.9. The van der Waals surface area contributed by atoms with Gasteiger partial charge in [0.25, 0.3) is 0 Å². The molecule has 4 aromatic carbocycles. The number of hydrogen-bond acceptors (Lipinski definition) is 5. The molecule has 0 unspecified atom stereocenters. The molecule has 3 aliphatic carbocycles. The zero-order valence-electron chi connectivity index (χ0n) is 23.5. The lowest BCUT2D eigenvalue weighted by Gasteiger charge is -2.45. The van der Waals surface area contributed by atoms with Crippen molar-refractivity contribution in [2.45, 2.75) is 25.2 Å². The fourth-order valence-electron chi connectivity index (χ4n) is 7.78. The van der Waals surface area contributed by atoms with Crippen molar-refractivity contribution in [3.63, 3.8) is 0 Å². The molecule has 2 saturated heterocycles. The molecule has 2 fully saturated rings. The molecule has 7 heteroatoms. The second kappa shape index (κ2) is 9.49. The zero-order chi connectivity index (χ0) is 29.4. The van der Waals surface area contributed by atoms with E-state index >= 15 is 0 Å². The lowest BCUT2D eigenvalue weighted by atomic mass is 9.55. The molecule has 2 aliphatic heterocycles. The molecule has 0 N–H and O–H groups in total. The Bertz CT molecular complexity index is 1750. The topological polar surface area (TPSA) is 84.0 Å². The van der Waals surface area contributed by atoms with Gasteiger partial charge in [0.05, 0.1) is 23.4 Å². The summed E-state index contributed by atoms with van der Waals surface area (Å²) in [5.74, 6) is -2.87. The Morgan fingerprint density at radius 2 is 1.28 bits per heavy atom. The Morgan fingerprint density at radius 1 is 0.721 bits per heavy atom. The van der Waals surface area contributed by atoms with Crippen LogP contribution in [0.1, 0.15) is 46.1 Å². The zero-order valence-corrected chi connectivity index (χ0v) is 23.5. The van der Waals surface area contributed by atoms with E-state index in [0.29, 0.717) is 5.69 Å². The fraction of sp³-hybridized carbons (Fsp3) is 0.222. The van der Waals surface area contributed by atoms with Crippen LogP contribution in [0, 0.1) is 24.7 Å². The predicted octanol–water partition coefficient (Wildman–Crippen LogP) is 5.35. The number of benzene rings is 4. The molecule has 9 rings (SSSR count). The molecule has 2 heterocycles. The van der Waals surface area contributed by atoms with Crippen molar-refractivity contribution in [3.8, 4) is 5.75 Å². The molecule has 0 saturated carbocycles. The molecule has 0 radical (unpaired) electrons. The van der Waals surface area contributed by atoms with Crippen LogP contribution in [0.3, 0.4) is 0 Å². The quantitative estimate of drug-likeness (QED) is 0.188. The summed E-state index contributed by atoms with van der Waals surface area (Å²) in [6.07, 6.45) is 0.0587. The maximum absolute atomic E-state index is 14.1. The number of ether oxygens (including phenoxy) is 1. The van der Waals surface area contributed by atoms with Crippen LogP contribution in [-0.4, -0.2) is 30.2 Å². The van der Waals surface area contributed by atoms with Crippen LogP contribution in [-0.2, 0) is 19.2 Å². The molecular weight excluding hydrogens is 540 g/mol. The third-order valence-electron chi connectivity index (χ3n) is 9.61. The van der Waals surface area contributed by atoms with Gasteiger partial charge in [-0.3, -0.25) is 19.2 Å². The van der Waals surface area contributed by atoms with Gasteiger partial charge in [0.2, 0.25) is 17.7 Å². The van der Waals surface area contributed by atoms with E-state index in [0.717, 1.165) is 33.5 Å². The van der Waals surface area contributed by atoms with Crippen LogP contribution >= 0.6 is 0 Å². The van der Waals surface area contributed by atoms with Crippen molar-refractivity contribution >= 4 is 35.1 Å². The smallest absolute Gasteiger partial charge is 0.316 e. The van der Waals surface area contributed by atoms with Crippen molar-refractivity contribution < 1.29 is 23.9 Å². The number of esters is 1. The number of carbonyl (C=O) groups excluding carboxylic acids is 4. The van der Waals surface area contributed by atoms with Crippen LogP contribution < -0.4 is 14.5 Å². The highest BCUT2D eigenvalue weighted by Gasteiger charge is 2.61. The predicted molar refractivity (Wildman–Crippen MR) is 160 cm³/mol. The summed E-state index contributed by atoms with van der Waals surface area (Å²) in [5.41, 5.74) is 6.58. The number of carbonyl (C=O) groups is 4. The monoisotopic (exact) mass is 568 g/mol. The standard InChI is InChI=1S/C36H28N2O5/c1-20-9-2-7-16-28(20)37-19-21(17-29(37)39)36(42)43-23-11-8-10-22(18-23)38-34(40)32-30-24-12-3-4-13-25(24)31(33(32)35(38)41)27-15-6-5-14-26(27)30/h2-16,18,21,30-33H,17,19H2,1H3/t21-,30?,31?,32+,33+/m1/s1. The highest BCUT2D eigenvalue weighted by atomic mass is 16.5. The molecule has 4 aromatic rings. The van der Waals surface area contributed by atoms with Gasteiger partial charge in [-0.05, 0) is 52.9 Å². The molecule has 3 amide bonds. The van der Waals surface area contributed by atoms with Gasteiger partial charge in [0.15, 0.2) is 0 Å². The molecule has 5 aliphatic rings. The summed E-state index contributed by atoms with van der Waals surface area (Å²) in [7, 11) is 0. The summed E-state index contributed by atoms with van der Waals surface area (Å²) < 4.78 is 5.74. The van der Waals surface area contributed by atoms with Crippen molar-refractivity contribution in [2.75, 3.05) is 16.3 Å². The average molecular weight is 569 g/mol. The Balaban J connectivity index is 1.06. The van der Waals surface area contributed by atoms with Crippen LogP contribution in [0.25, 0.3) is 0 Å². The highest BCUT2D eigenvalue weighted by Crippen LogP contribution is 2.61. The summed E-state index contributed by atoms with van der Waals surface area (Å²) >= 11 is 0. The first-order valence-electron chi connectivity index (χ1n) is 14.7. The number of para-hydroxylation sites is 1. The normalized spacial score (nSPS) is 25.0. The summed E-state index contributed by atoms with van der Waals surface area (Å²) in [4.78, 5) is 57.1. The lowest BCUT2D eigenvalue weighted by Crippen LogP contribution is -2.41. The third kappa shape index (κ3) is 3.74. The van der Waals surface area contributed by atoms with Crippen molar-refractivity contribution in [3.05, 3.63) is 125 Å². The second-order valence-electron chi connectivity index (χ2n) is 11.9. The number of amides is 3. The van der Waals surface area contributed by atoms with Crippen molar-refractivity contribution in [1.82, 2.24) is 0 Å². The number of nitrogens with zero attached hydrogens (tertiary/aromatic N) is 2. The van der Waals surface area contributed by atoms with Gasteiger partial charge in [0.1, 0.15) is 5.75 Å². The summed E-state index contributed by atoms with van der Waals surface area (Å²) in [6, 6.07) is 30.4. The van der Waals surface area contributed by atoms with Gasteiger partial charge >= 0.3 is 5.97 Å². The van der Waals surface area contributed by atoms with E-state index in [4.69, 9.17) is 4.74 Å². The number of anilines is 2. The molecular formula is C36H28N2O5. The van der Waals surface area contributed by atoms with Gasteiger partial charge in [-0.15, -0.1) is 0 Å². The van der Waals surface area contributed by atoms with Gasteiger partial charge in [0, 0.05) is 36.6 Å². The van der Waals surface area contributed by atoms with Crippen molar-refractivity contribution in [1.29, 1.82) is 0 Å². The minimum absolute atomic E-state index is 0.0587. The van der Waals surface area contributed by atoms with E-state index in [1.807, 2.05) is 55.5 Å². The van der Waals surface area contributed by atoms with Crippen LogP contribution in [0.4, 0.5) is 11.4 Å². The first-order valence-corrected chi connectivity index (χ1v) is 14.7. The third-order valence-corrected chi connectivity index (χ3v) is 9.61. The van der Waals surface area contributed by atoms with Crippen LogP contribution in [0.2, 0.25) is 0 Å². The Kier molecular flexibility index (Phi) is 5.66. The SMILES string of the molecule is Cc1ccccc1N1C[C@H](C(=O)Oc2cccc(N3C(=O)[C@H]4C5c6ccccc6C(c6ccccc65)[C@@H]4C3=O)c2)CC1=O. The number of imide groups is 1. The molecule has 7 nitrogen and oxygen atoms in total. The van der Waals surface area contributed by atoms with Crippen molar-refractivity contribution in [2.24, 2.45) is 17.8 Å². The van der Waals surface area contributed by atoms with E-state index < -0.39 is 23.7 Å². The van der Waals surface area contributed by atoms with E-state index in [1.54, 1.807) is 29.2 Å². The molecule has 43 heavy (non-hydrogen) atoms. The molecule has 0 aromatic heterocycles. The molecule has 212 valence electrons. The largest absolute Gasteiger partial charge is 0.426 e. The van der Waals surface area contributed by atoms with Gasteiger partial charge in [-0.1, -0.05) is 72.8 Å². The average Bonchev–Trinajstić information content (AvgIpc) is 3.54.